The summed E-state index contributed by atoms with van der Waals surface area (Å²) in [7, 11) is 2.13. The predicted octanol–water partition coefficient (Wildman–Crippen LogP) is 2.66. The molecule has 2 unspecified atom stereocenters. The Balaban J connectivity index is 2.17. The Labute approximate surface area is 124 Å². The molecular formula is C14H20Cl2N2O. The van der Waals surface area contributed by atoms with Crippen LogP contribution in [-0.2, 0) is 0 Å². The molecule has 1 fully saturated rings. The van der Waals surface area contributed by atoms with Gasteiger partial charge in [0.05, 0.1) is 22.7 Å². The predicted molar refractivity (Wildman–Crippen MR) is 80.0 cm³/mol. The fraction of sp³-hybridized carbons (Fsp3) is 0.571. The van der Waals surface area contributed by atoms with Gasteiger partial charge in [-0.2, -0.15) is 0 Å². The van der Waals surface area contributed by atoms with Gasteiger partial charge in [0, 0.05) is 25.7 Å². The van der Waals surface area contributed by atoms with E-state index in [9.17, 15) is 5.11 Å². The first-order valence-electron chi connectivity index (χ1n) is 6.53. The van der Waals surface area contributed by atoms with Gasteiger partial charge in [-0.3, -0.25) is 4.90 Å². The summed E-state index contributed by atoms with van der Waals surface area (Å²) in [5.41, 5.74) is 1.02. The van der Waals surface area contributed by atoms with Gasteiger partial charge >= 0.3 is 0 Å². The van der Waals surface area contributed by atoms with Crippen molar-refractivity contribution >= 4 is 23.2 Å². The Bertz CT molecular complexity index is 441. The first kappa shape index (κ1) is 15.1. The van der Waals surface area contributed by atoms with Crippen molar-refractivity contribution in [3.63, 3.8) is 0 Å². The molecular weight excluding hydrogens is 283 g/mol. The number of aliphatic hydroxyl groups is 1. The quantitative estimate of drug-likeness (QED) is 0.930. The van der Waals surface area contributed by atoms with E-state index in [0.717, 1.165) is 25.2 Å². The summed E-state index contributed by atoms with van der Waals surface area (Å²) in [5, 5.41) is 10.8. The maximum Gasteiger partial charge on any atom is 0.0628 e. The Morgan fingerprint density at radius 1 is 1.32 bits per heavy atom. The number of aliphatic hydroxyl groups excluding tert-OH is 1. The van der Waals surface area contributed by atoms with Crippen LogP contribution in [0.25, 0.3) is 0 Å². The summed E-state index contributed by atoms with van der Waals surface area (Å²) in [6, 6.07) is 6.07. The molecule has 19 heavy (non-hydrogen) atoms. The Hall–Kier alpha value is -0.320. The normalized spacial score (nSPS) is 23.5. The molecule has 1 heterocycles. The average Bonchev–Trinajstić information content (AvgIpc) is 2.39. The minimum Gasteiger partial charge on any atom is -0.394 e. The molecule has 0 radical (unpaired) electrons. The van der Waals surface area contributed by atoms with Crippen LogP contribution in [0.1, 0.15) is 18.5 Å². The van der Waals surface area contributed by atoms with Crippen molar-refractivity contribution in [2.24, 2.45) is 0 Å². The van der Waals surface area contributed by atoms with E-state index in [-0.39, 0.29) is 12.6 Å². The SMILES string of the molecule is CC1CN(C(CO)c2ccc(Cl)c(Cl)c2)CCN1C. The van der Waals surface area contributed by atoms with E-state index < -0.39 is 0 Å². The van der Waals surface area contributed by atoms with Gasteiger partial charge in [-0.1, -0.05) is 29.3 Å². The molecule has 1 aromatic carbocycles. The number of halogens is 2. The van der Waals surface area contributed by atoms with Crippen LogP contribution in [0.5, 0.6) is 0 Å². The minimum atomic E-state index is -0.00841. The number of nitrogens with zero attached hydrogens (tertiary/aromatic N) is 2. The van der Waals surface area contributed by atoms with E-state index >= 15 is 0 Å². The fourth-order valence-corrected chi connectivity index (χ4v) is 2.82. The van der Waals surface area contributed by atoms with Crippen molar-refractivity contribution in [3.8, 4) is 0 Å². The van der Waals surface area contributed by atoms with Gasteiger partial charge in [0.25, 0.3) is 0 Å². The number of hydrogen-bond acceptors (Lipinski definition) is 3. The summed E-state index contributed by atoms with van der Waals surface area (Å²) < 4.78 is 0. The molecule has 0 saturated carbocycles. The molecule has 2 atom stereocenters. The second kappa shape index (κ2) is 6.42. The lowest BCUT2D eigenvalue weighted by molar-refractivity contribution is 0.0464. The molecule has 0 amide bonds. The zero-order valence-electron chi connectivity index (χ0n) is 11.3. The van der Waals surface area contributed by atoms with E-state index in [0.29, 0.717) is 16.1 Å². The smallest absolute Gasteiger partial charge is 0.0628 e. The third-order valence-electron chi connectivity index (χ3n) is 3.93. The van der Waals surface area contributed by atoms with Crippen LogP contribution in [-0.4, -0.2) is 54.2 Å². The minimum absolute atomic E-state index is 0.00841. The second-order valence-electron chi connectivity index (χ2n) is 5.20. The van der Waals surface area contributed by atoms with Crippen LogP contribution in [0.2, 0.25) is 10.0 Å². The molecule has 0 aliphatic carbocycles. The first-order chi connectivity index (χ1) is 9.02. The van der Waals surface area contributed by atoms with Crippen molar-refractivity contribution < 1.29 is 5.11 Å². The highest BCUT2D eigenvalue weighted by Gasteiger charge is 2.27. The topological polar surface area (TPSA) is 26.7 Å². The number of rotatable bonds is 3. The Morgan fingerprint density at radius 2 is 2.05 bits per heavy atom. The molecule has 1 aromatic rings. The van der Waals surface area contributed by atoms with Gasteiger partial charge in [-0.25, -0.2) is 0 Å². The van der Waals surface area contributed by atoms with Crippen LogP contribution < -0.4 is 0 Å². The zero-order chi connectivity index (χ0) is 14.0. The van der Waals surface area contributed by atoms with Crippen molar-refractivity contribution in [1.82, 2.24) is 9.80 Å². The molecule has 1 N–H and O–H groups in total. The Kier molecular flexibility index (Phi) is 5.09. The van der Waals surface area contributed by atoms with E-state index in [2.05, 4.69) is 23.8 Å². The molecule has 2 rings (SSSR count). The van der Waals surface area contributed by atoms with Crippen molar-refractivity contribution in [3.05, 3.63) is 33.8 Å². The molecule has 0 bridgehead atoms. The molecule has 1 saturated heterocycles. The second-order valence-corrected chi connectivity index (χ2v) is 6.01. The van der Waals surface area contributed by atoms with E-state index in [1.807, 2.05) is 12.1 Å². The molecule has 1 aliphatic rings. The van der Waals surface area contributed by atoms with Crippen LogP contribution in [0.3, 0.4) is 0 Å². The van der Waals surface area contributed by atoms with E-state index in [4.69, 9.17) is 23.2 Å². The maximum atomic E-state index is 9.71. The lowest BCUT2D eigenvalue weighted by Crippen LogP contribution is -2.51. The molecule has 0 spiro atoms. The highest BCUT2D eigenvalue weighted by Crippen LogP contribution is 2.29. The lowest BCUT2D eigenvalue weighted by Gasteiger charge is -2.41. The molecule has 1 aliphatic heterocycles. The van der Waals surface area contributed by atoms with Crippen molar-refractivity contribution in [1.29, 1.82) is 0 Å². The molecule has 106 valence electrons. The van der Waals surface area contributed by atoms with Gasteiger partial charge < -0.3 is 10.0 Å². The fourth-order valence-electron chi connectivity index (χ4n) is 2.51. The number of hydrogen-bond donors (Lipinski definition) is 1. The third kappa shape index (κ3) is 3.41. The van der Waals surface area contributed by atoms with Crippen LogP contribution in [0, 0.1) is 0 Å². The summed E-state index contributed by atoms with van der Waals surface area (Å²) in [6.07, 6.45) is 0. The highest BCUT2D eigenvalue weighted by atomic mass is 35.5. The largest absolute Gasteiger partial charge is 0.394 e. The van der Waals surface area contributed by atoms with Crippen LogP contribution in [0.15, 0.2) is 18.2 Å². The number of benzene rings is 1. The lowest BCUT2D eigenvalue weighted by atomic mass is 10.0. The van der Waals surface area contributed by atoms with Gasteiger partial charge in [-0.15, -0.1) is 0 Å². The highest BCUT2D eigenvalue weighted by molar-refractivity contribution is 6.42. The number of piperazine rings is 1. The van der Waals surface area contributed by atoms with E-state index in [1.165, 1.54) is 0 Å². The summed E-state index contributed by atoms with van der Waals surface area (Å²) in [6.45, 7) is 5.21. The Morgan fingerprint density at radius 3 is 2.63 bits per heavy atom. The van der Waals surface area contributed by atoms with Gasteiger partial charge in [0.1, 0.15) is 0 Å². The third-order valence-corrected chi connectivity index (χ3v) is 4.67. The van der Waals surface area contributed by atoms with Gasteiger partial charge in [-0.05, 0) is 31.7 Å². The molecule has 5 heteroatoms. The molecule has 3 nitrogen and oxygen atoms in total. The van der Waals surface area contributed by atoms with Crippen LogP contribution in [0.4, 0.5) is 0 Å². The first-order valence-corrected chi connectivity index (χ1v) is 7.28. The summed E-state index contributed by atoms with van der Waals surface area (Å²) >= 11 is 12.0. The number of likely N-dealkylation sites (N-methyl/N-ethyl adjacent to an activating group) is 1. The van der Waals surface area contributed by atoms with E-state index in [1.54, 1.807) is 6.07 Å². The standard InChI is InChI=1S/C14H20Cl2N2O/c1-10-8-18(6-5-17(10)2)14(9-19)11-3-4-12(15)13(16)7-11/h3-4,7,10,14,19H,5-6,8-9H2,1-2H3. The van der Waals surface area contributed by atoms with Crippen molar-refractivity contribution in [2.75, 3.05) is 33.3 Å². The molecule has 0 aromatic heterocycles. The van der Waals surface area contributed by atoms with Gasteiger partial charge in [0.15, 0.2) is 0 Å². The van der Waals surface area contributed by atoms with Crippen molar-refractivity contribution in [2.45, 2.75) is 19.0 Å². The monoisotopic (exact) mass is 302 g/mol. The average molecular weight is 303 g/mol. The summed E-state index contributed by atoms with van der Waals surface area (Å²) in [5.74, 6) is 0. The maximum absolute atomic E-state index is 9.71. The van der Waals surface area contributed by atoms with Gasteiger partial charge in [0.2, 0.25) is 0 Å². The zero-order valence-corrected chi connectivity index (χ0v) is 12.8. The summed E-state index contributed by atoms with van der Waals surface area (Å²) in [4.78, 5) is 4.64. The van der Waals surface area contributed by atoms with Crippen LogP contribution >= 0.6 is 23.2 Å².